The predicted molar refractivity (Wildman–Crippen MR) is 85.5 cm³/mol. The van der Waals surface area contributed by atoms with Crippen LogP contribution < -0.4 is 10.1 Å². The number of ether oxygens (including phenoxy) is 1. The van der Waals surface area contributed by atoms with Gasteiger partial charge in [-0.05, 0) is 49.1 Å². The standard InChI is InChI=1S/C16H25NOS/c1-5-18-15-8-12(2)6-7-14(15)17-13-9-16(3,4)11-19-10-13/h6-8,13,17H,5,9-11H2,1-4H3. The van der Waals surface area contributed by atoms with Crippen molar-refractivity contribution in [1.82, 2.24) is 0 Å². The molecule has 0 aromatic heterocycles. The van der Waals surface area contributed by atoms with Gasteiger partial charge in [0.25, 0.3) is 0 Å². The number of anilines is 1. The number of nitrogens with one attached hydrogen (secondary N) is 1. The van der Waals surface area contributed by atoms with Gasteiger partial charge in [0.15, 0.2) is 0 Å². The van der Waals surface area contributed by atoms with Crippen molar-refractivity contribution < 1.29 is 4.74 Å². The van der Waals surface area contributed by atoms with Crippen LogP contribution in [0, 0.1) is 12.3 Å². The van der Waals surface area contributed by atoms with Gasteiger partial charge >= 0.3 is 0 Å². The summed E-state index contributed by atoms with van der Waals surface area (Å²) in [5, 5.41) is 3.67. The van der Waals surface area contributed by atoms with Crippen molar-refractivity contribution in [3.8, 4) is 5.75 Å². The first kappa shape index (κ1) is 14.6. The Hall–Kier alpha value is -0.830. The highest BCUT2D eigenvalue weighted by Gasteiger charge is 2.28. The van der Waals surface area contributed by atoms with Crippen molar-refractivity contribution >= 4 is 17.4 Å². The highest BCUT2D eigenvalue weighted by atomic mass is 32.2. The number of benzene rings is 1. The Labute approximate surface area is 121 Å². The second kappa shape index (κ2) is 6.08. The second-order valence-corrected chi connectivity index (χ2v) is 7.19. The SMILES string of the molecule is CCOc1cc(C)ccc1NC1CSCC(C)(C)C1. The summed E-state index contributed by atoms with van der Waals surface area (Å²) in [4.78, 5) is 0. The van der Waals surface area contributed by atoms with E-state index in [2.05, 4.69) is 44.3 Å². The van der Waals surface area contributed by atoms with Crippen molar-refractivity contribution in [3.63, 3.8) is 0 Å². The molecule has 0 aliphatic carbocycles. The minimum atomic E-state index is 0.428. The third-order valence-electron chi connectivity index (χ3n) is 3.41. The lowest BCUT2D eigenvalue weighted by Gasteiger charge is -2.35. The number of hydrogen-bond donors (Lipinski definition) is 1. The Morgan fingerprint density at radius 2 is 2.21 bits per heavy atom. The molecule has 0 radical (unpaired) electrons. The summed E-state index contributed by atoms with van der Waals surface area (Å²) in [6, 6.07) is 6.95. The van der Waals surface area contributed by atoms with Crippen molar-refractivity contribution in [3.05, 3.63) is 23.8 Å². The molecule has 1 atom stereocenters. The molecule has 1 N–H and O–H groups in total. The molecule has 0 spiro atoms. The van der Waals surface area contributed by atoms with Crippen LogP contribution in [0.1, 0.15) is 32.8 Å². The van der Waals surface area contributed by atoms with E-state index in [0.29, 0.717) is 18.1 Å². The van der Waals surface area contributed by atoms with Gasteiger partial charge in [-0.1, -0.05) is 19.9 Å². The van der Waals surface area contributed by atoms with Crippen LogP contribution in [0.4, 0.5) is 5.69 Å². The molecule has 1 heterocycles. The molecule has 1 unspecified atom stereocenters. The molecule has 2 rings (SSSR count). The molecule has 19 heavy (non-hydrogen) atoms. The van der Waals surface area contributed by atoms with Crippen LogP contribution in [0.5, 0.6) is 5.75 Å². The topological polar surface area (TPSA) is 21.3 Å². The Bertz CT molecular complexity index is 431. The van der Waals surface area contributed by atoms with Crippen LogP contribution in [-0.4, -0.2) is 24.2 Å². The van der Waals surface area contributed by atoms with E-state index in [0.717, 1.165) is 11.4 Å². The molecule has 2 nitrogen and oxygen atoms in total. The van der Waals surface area contributed by atoms with E-state index in [9.17, 15) is 0 Å². The monoisotopic (exact) mass is 279 g/mol. The van der Waals surface area contributed by atoms with Gasteiger partial charge in [0.05, 0.1) is 12.3 Å². The molecule has 1 aromatic rings. The van der Waals surface area contributed by atoms with Crippen LogP contribution >= 0.6 is 11.8 Å². The lowest BCUT2D eigenvalue weighted by molar-refractivity contribution is 0.338. The largest absolute Gasteiger partial charge is 0.492 e. The van der Waals surface area contributed by atoms with Gasteiger partial charge in [0.1, 0.15) is 5.75 Å². The van der Waals surface area contributed by atoms with Gasteiger partial charge in [-0.15, -0.1) is 0 Å². The summed E-state index contributed by atoms with van der Waals surface area (Å²) in [6.07, 6.45) is 1.22. The van der Waals surface area contributed by atoms with Gasteiger partial charge in [-0.3, -0.25) is 0 Å². The lowest BCUT2D eigenvalue weighted by atomic mass is 9.87. The maximum atomic E-state index is 5.74. The summed E-state index contributed by atoms with van der Waals surface area (Å²) in [5.74, 6) is 3.43. The summed E-state index contributed by atoms with van der Waals surface area (Å²) >= 11 is 2.05. The fraction of sp³-hybridized carbons (Fsp3) is 0.625. The highest BCUT2D eigenvalue weighted by molar-refractivity contribution is 7.99. The third-order valence-corrected chi connectivity index (χ3v) is 5.03. The van der Waals surface area contributed by atoms with Gasteiger partial charge in [-0.2, -0.15) is 11.8 Å². The van der Waals surface area contributed by atoms with E-state index >= 15 is 0 Å². The molecule has 0 amide bonds. The first-order chi connectivity index (χ1) is 9.00. The smallest absolute Gasteiger partial charge is 0.142 e. The van der Waals surface area contributed by atoms with E-state index in [1.807, 2.05) is 18.7 Å². The molecule has 1 aromatic carbocycles. The maximum Gasteiger partial charge on any atom is 0.142 e. The molecule has 1 aliphatic rings. The molecule has 0 bridgehead atoms. The molecular formula is C16H25NOS. The highest BCUT2D eigenvalue weighted by Crippen LogP contribution is 2.36. The van der Waals surface area contributed by atoms with Crippen LogP contribution in [-0.2, 0) is 0 Å². The van der Waals surface area contributed by atoms with Crippen LogP contribution in [0.3, 0.4) is 0 Å². The normalized spacial score (nSPS) is 22.0. The zero-order chi connectivity index (χ0) is 13.9. The summed E-state index contributed by atoms with van der Waals surface area (Å²) < 4.78 is 5.74. The predicted octanol–water partition coefficient (Wildman–Crippen LogP) is 4.34. The van der Waals surface area contributed by atoms with Gasteiger partial charge < -0.3 is 10.1 Å². The number of hydrogen-bond acceptors (Lipinski definition) is 3. The Kier molecular flexibility index (Phi) is 4.67. The zero-order valence-electron chi connectivity index (χ0n) is 12.5. The number of aryl methyl sites for hydroxylation is 1. The second-order valence-electron chi connectivity index (χ2n) is 6.16. The Morgan fingerprint density at radius 1 is 1.42 bits per heavy atom. The lowest BCUT2D eigenvalue weighted by Crippen LogP contribution is -2.35. The molecule has 1 aliphatic heterocycles. The Balaban J connectivity index is 2.09. The van der Waals surface area contributed by atoms with Crippen LogP contribution in [0.25, 0.3) is 0 Å². The van der Waals surface area contributed by atoms with E-state index in [1.165, 1.54) is 23.5 Å². The Morgan fingerprint density at radius 3 is 2.89 bits per heavy atom. The van der Waals surface area contributed by atoms with Crippen LogP contribution in [0.15, 0.2) is 18.2 Å². The van der Waals surface area contributed by atoms with Crippen molar-refractivity contribution in [1.29, 1.82) is 0 Å². The summed E-state index contributed by atoms with van der Waals surface area (Å²) in [7, 11) is 0. The summed E-state index contributed by atoms with van der Waals surface area (Å²) in [6.45, 7) is 9.56. The molecule has 1 saturated heterocycles. The van der Waals surface area contributed by atoms with E-state index in [-0.39, 0.29) is 0 Å². The number of rotatable bonds is 4. The summed E-state index contributed by atoms with van der Waals surface area (Å²) in [5.41, 5.74) is 2.81. The maximum absolute atomic E-state index is 5.74. The molecule has 106 valence electrons. The van der Waals surface area contributed by atoms with Crippen molar-refractivity contribution in [2.75, 3.05) is 23.4 Å². The minimum Gasteiger partial charge on any atom is -0.492 e. The minimum absolute atomic E-state index is 0.428. The fourth-order valence-corrected chi connectivity index (χ4v) is 3.87. The van der Waals surface area contributed by atoms with E-state index < -0.39 is 0 Å². The van der Waals surface area contributed by atoms with Gasteiger partial charge in [0.2, 0.25) is 0 Å². The van der Waals surface area contributed by atoms with Crippen LogP contribution in [0.2, 0.25) is 0 Å². The van der Waals surface area contributed by atoms with Gasteiger partial charge in [0, 0.05) is 11.8 Å². The molecule has 1 fully saturated rings. The average Bonchev–Trinajstić information content (AvgIpc) is 2.32. The first-order valence-electron chi connectivity index (χ1n) is 7.08. The molecule has 3 heteroatoms. The van der Waals surface area contributed by atoms with Crippen molar-refractivity contribution in [2.24, 2.45) is 5.41 Å². The van der Waals surface area contributed by atoms with Crippen molar-refractivity contribution in [2.45, 2.75) is 40.2 Å². The quantitative estimate of drug-likeness (QED) is 0.886. The fourth-order valence-electron chi connectivity index (χ4n) is 2.60. The van der Waals surface area contributed by atoms with Gasteiger partial charge in [-0.25, -0.2) is 0 Å². The van der Waals surface area contributed by atoms with E-state index in [4.69, 9.17) is 4.74 Å². The molecular weight excluding hydrogens is 254 g/mol. The molecule has 0 saturated carbocycles. The third kappa shape index (κ3) is 4.07. The first-order valence-corrected chi connectivity index (χ1v) is 8.23. The zero-order valence-corrected chi connectivity index (χ0v) is 13.3. The van der Waals surface area contributed by atoms with E-state index in [1.54, 1.807) is 0 Å². The average molecular weight is 279 g/mol. The number of thioether (sulfide) groups is 1.